The number of hydrogen-bond acceptors (Lipinski definition) is 6. The number of aryl methyl sites for hydroxylation is 1. The number of ether oxygens (including phenoxy) is 3. The highest BCUT2D eigenvalue weighted by Crippen LogP contribution is 2.32. The highest BCUT2D eigenvalue weighted by Gasteiger charge is 2.24. The van der Waals surface area contributed by atoms with Gasteiger partial charge in [-0.2, -0.15) is 0 Å². The van der Waals surface area contributed by atoms with E-state index in [0.29, 0.717) is 36.0 Å². The summed E-state index contributed by atoms with van der Waals surface area (Å²) < 4.78 is 16.1. The molecule has 2 aromatic carbocycles. The fourth-order valence-electron chi connectivity index (χ4n) is 2.82. The maximum absolute atomic E-state index is 12.4. The molecule has 0 aliphatic carbocycles. The number of amides is 2. The van der Waals surface area contributed by atoms with Gasteiger partial charge in [-0.15, -0.1) is 0 Å². The first-order chi connectivity index (χ1) is 14.3. The summed E-state index contributed by atoms with van der Waals surface area (Å²) in [6, 6.07) is 11.1. The molecule has 30 heavy (non-hydrogen) atoms. The van der Waals surface area contributed by atoms with Gasteiger partial charge in [0, 0.05) is 17.3 Å². The lowest BCUT2D eigenvalue weighted by Gasteiger charge is -2.20. The predicted octanol–water partition coefficient (Wildman–Crippen LogP) is 2.45. The van der Waals surface area contributed by atoms with Crippen molar-refractivity contribution in [2.45, 2.75) is 32.9 Å². The molecule has 2 atom stereocenters. The van der Waals surface area contributed by atoms with E-state index in [1.54, 1.807) is 36.4 Å². The van der Waals surface area contributed by atoms with E-state index < -0.39 is 29.9 Å². The summed E-state index contributed by atoms with van der Waals surface area (Å²) in [6.07, 6.45) is -1.05. The van der Waals surface area contributed by atoms with E-state index >= 15 is 0 Å². The first-order valence-electron chi connectivity index (χ1n) is 9.62. The van der Waals surface area contributed by atoms with Crippen LogP contribution in [0.2, 0.25) is 0 Å². The molecule has 0 unspecified atom stereocenters. The monoisotopic (exact) mass is 412 g/mol. The minimum atomic E-state index is -1.05. The molecule has 3 rings (SSSR count). The molecule has 0 radical (unpaired) electrons. The van der Waals surface area contributed by atoms with Crippen LogP contribution >= 0.6 is 0 Å². The van der Waals surface area contributed by atoms with Crippen LogP contribution in [0.1, 0.15) is 29.8 Å². The quantitative estimate of drug-likeness (QED) is 0.707. The second-order valence-electron chi connectivity index (χ2n) is 6.99. The van der Waals surface area contributed by atoms with Gasteiger partial charge in [-0.25, -0.2) is 4.79 Å². The Morgan fingerprint density at radius 2 is 1.73 bits per heavy atom. The third kappa shape index (κ3) is 5.28. The van der Waals surface area contributed by atoms with Crippen LogP contribution in [0.3, 0.4) is 0 Å². The van der Waals surface area contributed by atoms with Gasteiger partial charge in [-0.1, -0.05) is 17.7 Å². The van der Waals surface area contributed by atoms with Gasteiger partial charge in [0.05, 0.1) is 0 Å². The maximum Gasteiger partial charge on any atom is 0.329 e. The minimum absolute atomic E-state index is 0.392. The van der Waals surface area contributed by atoms with E-state index in [1.807, 2.05) is 13.0 Å². The van der Waals surface area contributed by atoms with E-state index in [9.17, 15) is 14.4 Å². The summed E-state index contributed by atoms with van der Waals surface area (Å²) >= 11 is 0. The van der Waals surface area contributed by atoms with E-state index in [0.717, 1.165) is 5.56 Å². The Balaban J connectivity index is 1.52. The van der Waals surface area contributed by atoms with Gasteiger partial charge in [-0.05, 0) is 45.0 Å². The Morgan fingerprint density at radius 3 is 2.47 bits per heavy atom. The smallest absolute Gasteiger partial charge is 0.329 e. The van der Waals surface area contributed by atoms with E-state index in [-0.39, 0.29) is 0 Å². The molecule has 158 valence electrons. The first kappa shape index (κ1) is 21.2. The molecule has 8 heteroatoms. The van der Waals surface area contributed by atoms with Crippen LogP contribution in [0.25, 0.3) is 0 Å². The van der Waals surface area contributed by atoms with Gasteiger partial charge in [0.1, 0.15) is 19.3 Å². The number of fused-ring (bicyclic) bond motifs is 1. The van der Waals surface area contributed by atoms with Gasteiger partial charge >= 0.3 is 5.97 Å². The first-order valence-corrected chi connectivity index (χ1v) is 9.62. The van der Waals surface area contributed by atoms with Crippen molar-refractivity contribution in [1.29, 1.82) is 0 Å². The average Bonchev–Trinajstić information content (AvgIpc) is 2.73. The lowest BCUT2D eigenvalue weighted by molar-refractivity contribution is -0.154. The molecular weight excluding hydrogens is 388 g/mol. The van der Waals surface area contributed by atoms with Crippen LogP contribution in [0.5, 0.6) is 11.5 Å². The third-order valence-electron chi connectivity index (χ3n) is 4.45. The van der Waals surface area contributed by atoms with Gasteiger partial charge in [0.2, 0.25) is 0 Å². The second kappa shape index (κ2) is 9.30. The molecule has 2 N–H and O–H groups in total. The van der Waals surface area contributed by atoms with Crippen molar-refractivity contribution in [2.75, 3.05) is 18.5 Å². The summed E-state index contributed by atoms with van der Waals surface area (Å²) in [5.74, 6) is -0.456. The van der Waals surface area contributed by atoms with E-state index in [2.05, 4.69) is 10.6 Å². The Kier molecular flexibility index (Phi) is 6.56. The normalized spacial score (nSPS) is 14.2. The van der Waals surface area contributed by atoms with Crippen molar-refractivity contribution < 1.29 is 28.6 Å². The van der Waals surface area contributed by atoms with Crippen molar-refractivity contribution in [3.63, 3.8) is 0 Å². The van der Waals surface area contributed by atoms with E-state index in [1.165, 1.54) is 13.8 Å². The zero-order valence-corrected chi connectivity index (χ0v) is 17.1. The number of hydrogen-bond donors (Lipinski definition) is 2. The topological polar surface area (TPSA) is 103 Å². The molecule has 8 nitrogen and oxygen atoms in total. The number of nitrogens with one attached hydrogen (secondary N) is 2. The van der Waals surface area contributed by atoms with Gasteiger partial charge < -0.3 is 24.8 Å². The fourth-order valence-corrected chi connectivity index (χ4v) is 2.82. The lowest BCUT2D eigenvalue weighted by atomic mass is 10.1. The summed E-state index contributed by atoms with van der Waals surface area (Å²) in [5, 5.41) is 5.25. The van der Waals surface area contributed by atoms with Crippen LogP contribution in [-0.2, 0) is 14.3 Å². The third-order valence-corrected chi connectivity index (χ3v) is 4.45. The van der Waals surface area contributed by atoms with Crippen LogP contribution in [0.15, 0.2) is 42.5 Å². The Bertz CT molecular complexity index is 958. The van der Waals surface area contributed by atoms with Gasteiger partial charge in [0.15, 0.2) is 17.6 Å². The summed E-state index contributed by atoms with van der Waals surface area (Å²) in [5.41, 5.74) is 1.87. The Morgan fingerprint density at radius 1 is 1.00 bits per heavy atom. The Labute approximate surface area is 174 Å². The van der Waals surface area contributed by atoms with Crippen molar-refractivity contribution in [3.05, 3.63) is 53.6 Å². The second-order valence-corrected chi connectivity index (χ2v) is 6.99. The number of rotatable bonds is 6. The zero-order chi connectivity index (χ0) is 21.7. The molecule has 1 aliphatic heterocycles. The highest BCUT2D eigenvalue weighted by molar-refractivity contribution is 5.98. The SMILES string of the molecule is Cc1cccc(C(=O)N[C@H](C)C(=O)O[C@@H](C)C(=O)Nc2ccc3c(c2)OCCO3)c1. The van der Waals surface area contributed by atoms with Crippen LogP contribution < -0.4 is 20.1 Å². The maximum atomic E-state index is 12.4. The average molecular weight is 412 g/mol. The number of esters is 1. The molecule has 1 aliphatic rings. The van der Waals surface area contributed by atoms with Gasteiger partial charge in [-0.3, -0.25) is 9.59 Å². The summed E-state index contributed by atoms with van der Waals surface area (Å²) in [7, 11) is 0. The van der Waals surface area contributed by atoms with Crippen LogP contribution in [-0.4, -0.2) is 43.1 Å². The van der Waals surface area contributed by atoms with Crippen LogP contribution in [0.4, 0.5) is 5.69 Å². The predicted molar refractivity (Wildman–Crippen MR) is 110 cm³/mol. The minimum Gasteiger partial charge on any atom is -0.486 e. The number of anilines is 1. The standard InChI is InChI=1S/C22H24N2O6/c1-13-5-4-6-16(11-13)21(26)23-14(2)22(27)30-15(3)20(25)24-17-7-8-18-19(12-17)29-10-9-28-18/h4-8,11-12,14-15H,9-10H2,1-3H3,(H,23,26)(H,24,25)/t14-,15+/m1/s1. The molecule has 0 saturated heterocycles. The fraction of sp³-hybridized carbons (Fsp3) is 0.318. The largest absolute Gasteiger partial charge is 0.486 e. The van der Waals surface area contributed by atoms with Crippen molar-refractivity contribution in [2.24, 2.45) is 0 Å². The molecule has 0 fully saturated rings. The van der Waals surface area contributed by atoms with Crippen molar-refractivity contribution >= 4 is 23.5 Å². The molecular formula is C22H24N2O6. The highest BCUT2D eigenvalue weighted by atomic mass is 16.6. The molecule has 0 bridgehead atoms. The molecule has 0 aromatic heterocycles. The van der Waals surface area contributed by atoms with Gasteiger partial charge in [0.25, 0.3) is 11.8 Å². The summed E-state index contributed by atoms with van der Waals surface area (Å²) in [4.78, 5) is 36.9. The molecule has 1 heterocycles. The molecule has 0 spiro atoms. The van der Waals surface area contributed by atoms with Crippen molar-refractivity contribution in [3.8, 4) is 11.5 Å². The van der Waals surface area contributed by atoms with Crippen molar-refractivity contribution in [1.82, 2.24) is 5.32 Å². The van der Waals surface area contributed by atoms with Crippen LogP contribution in [0, 0.1) is 6.92 Å². The summed E-state index contributed by atoms with van der Waals surface area (Å²) in [6.45, 7) is 5.74. The number of benzene rings is 2. The van der Waals surface area contributed by atoms with E-state index in [4.69, 9.17) is 14.2 Å². The molecule has 2 aromatic rings. The molecule has 2 amide bonds. The Hall–Kier alpha value is -3.55. The number of carbonyl (C=O) groups excluding carboxylic acids is 3. The zero-order valence-electron chi connectivity index (χ0n) is 17.1. The lowest BCUT2D eigenvalue weighted by Crippen LogP contribution is -2.42. The molecule has 0 saturated carbocycles. The number of carbonyl (C=O) groups is 3.